The van der Waals surface area contributed by atoms with Crippen molar-refractivity contribution in [1.82, 2.24) is 5.43 Å². The predicted octanol–water partition coefficient (Wildman–Crippen LogP) is 1.39. The highest BCUT2D eigenvalue weighted by atomic mass is 19.1. The van der Waals surface area contributed by atoms with Gasteiger partial charge in [0.1, 0.15) is 0 Å². The summed E-state index contributed by atoms with van der Waals surface area (Å²) in [6.45, 7) is 0.778. The van der Waals surface area contributed by atoms with Crippen molar-refractivity contribution in [2.24, 2.45) is 5.84 Å². The Morgan fingerprint density at radius 1 is 1.61 bits per heavy atom. The van der Waals surface area contributed by atoms with Gasteiger partial charge in [-0.3, -0.25) is 11.3 Å². The molecule has 1 aromatic carbocycles. The highest BCUT2D eigenvalue weighted by Gasteiger charge is 2.25. The van der Waals surface area contributed by atoms with Gasteiger partial charge in [0.15, 0.2) is 11.6 Å². The van der Waals surface area contributed by atoms with Gasteiger partial charge in [-0.1, -0.05) is 6.07 Å². The summed E-state index contributed by atoms with van der Waals surface area (Å²) in [5, 5.41) is 0. The first-order valence-electron chi connectivity index (χ1n) is 6.14. The van der Waals surface area contributed by atoms with Crippen LogP contribution in [0.3, 0.4) is 0 Å². The number of halogens is 1. The van der Waals surface area contributed by atoms with Crippen LogP contribution in [0.1, 0.15) is 18.4 Å². The molecule has 0 spiro atoms. The van der Waals surface area contributed by atoms with Gasteiger partial charge in [-0.2, -0.15) is 0 Å². The lowest BCUT2D eigenvalue weighted by Crippen LogP contribution is -2.45. The Kier molecular flexibility index (Phi) is 4.52. The SMILES string of the molecule is COc1ccc(CC(NN)C2CCCO2)cc1F. The maximum Gasteiger partial charge on any atom is 0.165 e. The van der Waals surface area contributed by atoms with E-state index in [0.29, 0.717) is 6.42 Å². The molecule has 3 N–H and O–H groups in total. The van der Waals surface area contributed by atoms with Crippen LogP contribution in [0.2, 0.25) is 0 Å². The molecule has 2 rings (SSSR count). The minimum absolute atomic E-state index is 0.0142. The number of hydrogen-bond donors (Lipinski definition) is 2. The minimum Gasteiger partial charge on any atom is -0.494 e. The zero-order chi connectivity index (χ0) is 13.0. The molecule has 1 fully saturated rings. The Morgan fingerprint density at radius 2 is 2.44 bits per heavy atom. The van der Waals surface area contributed by atoms with E-state index >= 15 is 0 Å². The van der Waals surface area contributed by atoms with Gasteiger partial charge in [0.2, 0.25) is 0 Å². The van der Waals surface area contributed by atoms with Crippen LogP contribution in [0.4, 0.5) is 4.39 Å². The standard InChI is InChI=1S/C13H19FN2O2/c1-17-12-5-4-9(7-10(12)14)8-11(16-15)13-3-2-6-18-13/h4-5,7,11,13,16H,2-3,6,8,15H2,1H3. The van der Waals surface area contributed by atoms with Crippen molar-refractivity contribution in [1.29, 1.82) is 0 Å². The van der Waals surface area contributed by atoms with E-state index in [2.05, 4.69) is 5.43 Å². The number of ether oxygens (including phenoxy) is 2. The summed E-state index contributed by atoms with van der Waals surface area (Å²) in [6, 6.07) is 4.98. The van der Waals surface area contributed by atoms with Crippen molar-refractivity contribution in [3.63, 3.8) is 0 Å². The van der Waals surface area contributed by atoms with Crippen molar-refractivity contribution < 1.29 is 13.9 Å². The molecule has 4 nitrogen and oxygen atoms in total. The van der Waals surface area contributed by atoms with Crippen LogP contribution >= 0.6 is 0 Å². The third kappa shape index (κ3) is 2.98. The van der Waals surface area contributed by atoms with Crippen LogP contribution < -0.4 is 16.0 Å². The summed E-state index contributed by atoms with van der Waals surface area (Å²) in [5.74, 6) is 5.45. The van der Waals surface area contributed by atoms with Gasteiger partial charge in [-0.15, -0.1) is 0 Å². The summed E-state index contributed by atoms with van der Waals surface area (Å²) in [7, 11) is 1.45. The van der Waals surface area contributed by atoms with E-state index < -0.39 is 0 Å². The molecule has 0 radical (unpaired) electrons. The number of nitrogens with two attached hydrogens (primary N) is 1. The van der Waals surface area contributed by atoms with E-state index in [4.69, 9.17) is 15.3 Å². The van der Waals surface area contributed by atoms with E-state index in [1.165, 1.54) is 13.2 Å². The summed E-state index contributed by atoms with van der Waals surface area (Å²) < 4.78 is 24.1. The van der Waals surface area contributed by atoms with Crippen molar-refractivity contribution >= 4 is 0 Å². The van der Waals surface area contributed by atoms with Crippen LogP contribution in [-0.4, -0.2) is 25.9 Å². The fourth-order valence-corrected chi connectivity index (χ4v) is 2.31. The van der Waals surface area contributed by atoms with E-state index in [9.17, 15) is 4.39 Å². The summed E-state index contributed by atoms with van der Waals surface area (Å²) in [6.07, 6.45) is 2.80. The highest BCUT2D eigenvalue weighted by molar-refractivity contribution is 5.29. The van der Waals surface area contributed by atoms with E-state index in [1.807, 2.05) is 6.07 Å². The minimum atomic E-state index is -0.349. The predicted molar refractivity (Wildman–Crippen MR) is 66.7 cm³/mol. The van der Waals surface area contributed by atoms with Gasteiger partial charge < -0.3 is 9.47 Å². The van der Waals surface area contributed by atoms with Gasteiger partial charge >= 0.3 is 0 Å². The lowest BCUT2D eigenvalue weighted by Gasteiger charge is -2.22. The molecule has 1 aliphatic rings. The van der Waals surface area contributed by atoms with Crippen LogP contribution in [-0.2, 0) is 11.2 Å². The monoisotopic (exact) mass is 254 g/mol. The maximum atomic E-state index is 13.6. The zero-order valence-corrected chi connectivity index (χ0v) is 10.5. The van der Waals surface area contributed by atoms with Gasteiger partial charge in [-0.25, -0.2) is 4.39 Å². The Morgan fingerprint density at radius 3 is 3.00 bits per heavy atom. The molecular weight excluding hydrogens is 235 g/mol. The molecular formula is C13H19FN2O2. The fraction of sp³-hybridized carbons (Fsp3) is 0.538. The quantitative estimate of drug-likeness (QED) is 0.616. The topological polar surface area (TPSA) is 56.5 Å². The Hall–Kier alpha value is -1.17. The average molecular weight is 254 g/mol. The highest BCUT2D eigenvalue weighted by Crippen LogP contribution is 2.21. The second-order valence-electron chi connectivity index (χ2n) is 4.50. The molecule has 1 heterocycles. The van der Waals surface area contributed by atoms with E-state index in [1.54, 1.807) is 6.07 Å². The number of benzene rings is 1. The third-order valence-electron chi connectivity index (χ3n) is 3.30. The number of hydrogen-bond acceptors (Lipinski definition) is 4. The molecule has 0 bridgehead atoms. The number of nitrogens with one attached hydrogen (secondary N) is 1. The second-order valence-corrected chi connectivity index (χ2v) is 4.50. The molecule has 18 heavy (non-hydrogen) atoms. The first-order valence-corrected chi connectivity index (χ1v) is 6.14. The van der Waals surface area contributed by atoms with Crippen LogP contribution in [0.5, 0.6) is 5.75 Å². The zero-order valence-electron chi connectivity index (χ0n) is 10.5. The van der Waals surface area contributed by atoms with Gasteiger partial charge in [-0.05, 0) is 37.0 Å². The van der Waals surface area contributed by atoms with Gasteiger partial charge in [0.05, 0.1) is 19.3 Å². The largest absolute Gasteiger partial charge is 0.494 e. The number of methoxy groups -OCH3 is 1. The van der Waals surface area contributed by atoms with E-state index in [0.717, 1.165) is 25.0 Å². The van der Waals surface area contributed by atoms with Crippen LogP contribution in [0, 0.1) is 5.82 Å². The van der Waals surface area contributed by atoms with Crippen LogP contribution in [0.25, 0.3) is 0 Å². The molecule has 0 aromatic heterocycles. The Labute approximate surface area is 106 Å². The van der Waals surface area contributed by atoms with Crippen molar-refractivity contribution in [3.8, 4) is 5.75 Å². The molecule has 1 aliphatic heterocycles. The molecule has 0 aliphatic carbocycles. The second kappa shape index (κ2) is 6.13. The van der Waals surface area contributed by atoms with Crippen molar-refractivity contribution in [2.75, 3.05) is 13.7 Å². The summed E-state index contributed by atoms with van der Waals surface area (Å²) >= 11 is 0. The summed E-state index contributed by atoms with van der Waals surface area (Å²) in [4.78, 5) is 0. The number of hydrazine groups is 1. The van der Waals surface area contributed by atoms with Gasteiger partial charge in [0, 0.05) is 6.61 Å². The smallest absolute Gasteiger partial charge is 0.165 e. The van der Waals surface area contributed by atoms with Crippen LogP contribution in [0.15, 0.2) is 18.2 Å². The first-order chi connectivity index (χ1) is 8.74. The van der Waals surface area contributed by atoms with Crippen molar-refractivity contribution in [2.45, 2.75) is 31.4 Å². The molecule has 5 heteroatoms. The first kappa shape index (κ1) is 13.3. The lowest BCUT2D eigenvalue weighted by molar-refractivity contribution is 0.0784. The number of rotatable bonds is 5. The third-order valence-corrected chi connectivity index (χ3v) is 3.30. The lowest BCUT2D eigenvalue weighted by atomic mass is 10.00. The fourth-order valence-electron chi connectivity index (χ4n) is 2.31. The Balaban J connectivity index is 2.04. The molecule has 2 unspecified atom stereocenters. The van der Waals surface area contributed by atoms with Gasteiger partial charge in [0.25, 0.3) is 0 Å². The Bertz CT molecular complexity index is 395. The normalized spacial score (nSPS) is 20.9. The summed E-state index contributed by atoms with van der Waals surface area (Å²) in [5.41, 5.74) is 3.64. The molecule has 0 saturated carbocycles. The van der Waals surface area contributed by atoms with Crippen molar-refractivity contribution in [3.05, 3.63) is 29.6 Å². The molecule has 0 amide bonds. The van der Waals surface area contributed by atoms with E-state index in [-0.39, 0.29) is 23.7 Å². The maximum absolute atomic E-state index is 13.6. The average Bonchev–Trinajstić information content (AvgIpc) is 2.90. The molecule has 2 atom stereocenters. The molecule has 1 aromatic rings. The molecule has 100 valence electrons. The molecule has 1 saturated heterocycles.